The monoisotopic (exact) mass is 374 g/mol. The second-order valence-electron chi connectivity index (χ2n) is 8.02. The van der Waals surface area contributed by atoms with Crippen molar-refractivity contribution in [2.45, 2.75) is 19.3 Å². The van der Waals surface area contributed by atoms with Gasteiger partial charge >= 0.3 is 0 Å². The molecular weight excluding hydrogens is 356 g/mol. The molecule has 28 heavy (non-hydrogen) atoms. The van der Waals surface area contributed by atoms with E-state index in [0.29, 0.717) is 0 Å². The fourth-order valence-electron chi connectivity index (χ4n) is 5.31. The summed E-state index contributed by atoms with van der Waals surface area (Å²) < 4.78 is 2.88. The Kier molecular flexibility index (Phi) is 2.87. The Hall–Kier alpha value is -2.90. The summed E-state index contributed by atoms with van der Waals surface area (Å²) in [4.78, 5) is 0. The molecule has 0 unspecified atom stereocenters. The van der Waals surface area contributed by atoms with E-state index in [9.17, 15) is 0 Å². The molecule has 0 saturated heterocycles. The molecule has 4 aromatic carbocycles. The van der Waals surface area contributed by atoms with E-state index in [1.807, 2.05) is 11.3 Å². The largest absolute Gasteiger partial charge is 0.135 e. The minimum Gasteiger partial charge on any atom is -0.135 e. The second kappa shape index (κ2) is 5.33. The van der Waals surface area contributed by atoms with Crippen LogP contribution in [0.5, 0.6) is 0 Å². The summed E-state index contributed by atoms with van der Waals surface area (Å²) in [7, 11) is 0. The number of allylic oxidation sites excluding steroid dienone is 1. The number of benzene rings is 4. The lowest BCUT2D eigenvalue weighted by molar-refractivity contribution is 1.00. The molecule has 132 valence electrons. The number of fused-ring (bicyclic) bond motifs is 11. The third-order valence-corrected chi connectivity index (χ3v) is 7.74. The van der Waals surface area contributed by atoms with Gasteiger partial charge in [0.05, 0.1) is 0 Å². The van der Waals surface area contributed by atoms with Crippen molar-refractivity contribution in [3.05, 3.63) is 89.0 Å². The second-order valence-corrected chi connectivity index (χ2v) is 9.08. The molecule has 1 heterocycles. The Morgan fingerprint density at radius 3 is 2.64 bits per heavy atom. The average molecular weight is 375 g/mol. The number of rotatable bonds is 0. The minimum absolute atomic E-state index is 1.06. The van der Waals surface area contributed by atoms with Crippen molar-refractivity contribution in [1.82, 2.24) is 0 Å². The molecule has 0 spiro atoms. The molecule has 0 bridgehead atoms. The van der Waals surface area contributed by atoms with Crippen molar-refractivity contribution in [3.8, 4) is 11.1 Å². The van der Waals surface area contributed by atoms with E-state index >= 15 is 0 Å². The Morgan fingerprint density at radius 2 is 1.64 bits per heavy atom. The van der Waals surface area contributed by atoms with E-state index in [1.54, 1.807) is 5.56 Å². The zero-order valence-corrected chi connectivity index (χ0v) is 16.3. The molecule has 0 nitrogen and oxygen atoms in total. The van der Waals surface area contributed by atoms with E-state index < -0.39 is 0 Å². The lowest BCUT2D eigenvalue weighted by Crippen LogP contribution is -1.97. The van der Waals surface area contributed by atoms with E-state index in [4.69, 9.17) is 0 Å². The van der Waals surface area contributed by atoms with Crippen LogP contribution in [0, 0.1) is 0 Å². The zero-order chi connectivity index (χ0) is 18.2. The van der Waals surface area contributed by atoms with Crippen LogP contribution in [-0.2, 0) is 12.8 Å². The number of hydrogen-bond donors (Lipinski definition) is 0. The summed E-state index contributed by atoms with van der Waals surface area (Å²) in [5.74, 6) is 0. The molecule has 0 radical (unpaired) electrons. The molecule has 1 aromatic heterocycles. The van der Waals surface area contributed by atoms with Crippen molar-refractivity contribution in [3.63, 3.8) is 0 Å². The highest BCUT2D eigenvalue weighted by Crippen LogP contribution is 2.47. The van der Waals surface area contributed by atoms with Crippen molar-refractivity contribution < 1.29 is 0 Å². The fourth-order valence-corrected chi connectivity index (χ4v) is 6.57. The highest BCUT2D eigenvalue weighted by molar-refractivity contribution is 7.26. The van der Waals surface area contributed by atoms with Crippen LogP contribution in [0.1, 0.15) is 28.7 Å². The van der Waals surface area contributed by atoms with Gasteiger partial charge in [-0.05, 0) is 76.2 Å². The molecule has 2 aliphatic rings. The Labute approximate surface area is 167 Å². The van der Waals surface area contributed by atoms with Gasteiger partial charge in [0.1, 0.15) is 0 Å². The van der Waals surface area contributed by atoms with E-state index in [1.165, 1.54) is 58.8 Å². The van der Waals surface area contributed by atoms with Crippen LogP contribution in [0.4, 0.5) is 0 Å². The summed E-state index contributed by atoms with van der Waals surface area (Å²) in [6.45, 7) is 0. The van der Waals surface area contributed by atoms with Crippen LogP contribution in [0.3, 0.4) is 0 Å². The molecule has 2 aliphatic carbocycles. The standard InChI is InChI=1S/C27H18S/c1-2-8-18-16(7-1)13-17-14-23-19-9-3-4-10-20(19)26-21-11-5-6-12-25(21)28-27(26)24(23)15-22(17)18/h1-3,5-9,11-12,14-15H,4,10,13H2. The third-order valence-electron chi connectivity index (χ3n) is 6.53. The summed E-state index contributed by atoms with van der Waals surface area (Å²) in [6, 6.07) is 22.8. The molecule has 0 atom stereocenters. The number of thiophene rings is 1. The molecule has 5 aromatic rings. The Morgan fingerprint density at radius 1 is 0.750 bits per heavy atom. The maximum absolute atomic E-state index is 2.49. The summed E-state index contributed by atoms with van der Waals surface area (Å²) >= 11 is 1.97. The van der Waals surface area contributed by atoms with Gasteiger partial charge < -0.3 is 0 Å². The highest BCUT2D eigenvalue weighted by atomic mass is 32.1. The van der Waals surface area contributed by atoms with Crippen molar-refractivity contribution in [2.24, 2.45) is 0 Å². The van der Waals surface area contributed by atoms with Gasteiger partial charge in [-0.25, -0.2) is 0 Å². The average Bonchev–Trinajstić information content (AvgIpc) is 3.31. The lowest BCUT2D eigenvalue weighted by atomic mass is 9.87. The first-order chi connectivity index (χ1) is 13.9. The first-order valence-electron chi connectivity index (χ1n) is 10.1. The topological polar surface area (TPSA) is 0 Å². The molecule has 0 saturated carbocycles. The van der Waals surface area contributed by atoms with Crippen LogP contribution >= 0.6 is 11.3 Å². The SMILES string of the molecule is C1=Cc2c(c3c4ccccc4sc3c3cc4c(cc23)Cc2ccccc2-4)CC1. The molecule has 1 heteroatoms. The van der Waals surface area contributed by atoms with Gasteiger partial charge in [0.15, 0.2) is 0 Å². The van der Waals surface area contributed by atoms with E-state index in [-0.39, 0.29) is 0 Å². The minimum atomic E-state index is 1.06. The molecule has 7 rings (SSSR count). The van der Waals surface area contributed by atoms with Gasteiger partial charge in [0, 0.05) is 25.6 Å². The zero-order valence-electron chi connectivity index (χ0n) is 15.5. The highest BCUT2D eigenvalue weighted by Gasteiger charge is 2.23. The summed E-state index contributed by atoms with van der Waals surface area (Å²) in [5.41, 5.74) is 8.80. The van der Waals surface area contributed by atoms with Crippen molar-refractivity contribution in [2.75, 3.05) is 0 Å². The van der Waals surface area contributed by atoms with Crippen molar-refractivity contribution in [1.29, 1.82) is 0 Å². The maximum Gasteiger partial charge on any atom is 0.0437 e. The van der Waals surface area contributed by atoms with E-state index in [2.05, 4.69) is 72.8 Å². The molecule has 0 fully saturated rings. The van der Waals surface area contributed by atoms with Crippen LogP contribution in [-0.4, -0.2) is 0 Å². The van der Waals surface area contributed by atoms with Gasteiger partial charge in [-0.15, -0.1) is 11.3 Å². The lowest BCUT2D eigenvalue weighted by Gasteiger charge is -2.17. The molecule has 0 amide bonds. The third kappa shape index (κ3) is 1.85. The predicted molar refractivity (Wildman–Crippen MR) is 122 cm³/mol. The van der Waals surface area contributed by atoms with Gasteiger partial charge in [0.25, 0.3) is 0 Å². The van der Waals surface area contributed by atoms with Gasteiger partial charge in [0.2, 0.25) is 0 Å². The van der Waals surface area contributed by atoms with Crippen LogP contribution in [0.2, 0.25) is 0 Å². The van der Waals surface area contributed by atoms with E-state index in [0.717, 1.165) is 19.3 Å². The van der Waals surface area contributed by atoms with Crippen LogP contribution < -0.4 is 0 Å². The summed E-state index contributed by atoms with van der Waals surface area (Å²) in [6.07, 6.45) is 8.08. The quantitative estimate of drug-likeness (QED) is 0.255. The number of hydrogen-bond acceptors (Lipinski definition) is 1. The van der Waals surface area contributed by atoms with Gasteiger partial charge in [-0.2, -0.15) is 0 Å². The number of aryl methyl sites for hydroxylation is 1. The Bertz CT molecular complexity index is 1480. The Balaban J connectivity index is 1.71. The van der Waals surface area contributed by atoms with Crippen LogP contribution in [0.25, 0.3) is 48.1 Å². The molecular formula is C27H18S. The molecule has 0 N–H and O–H groups in total. The normalized spacial score (nSPS) is 14.6. The molecule has 0 aliphatic heterocycles. The van der Waals surface area contributed by atoms with Gasteiger partial charge in [-0.3, -0.25) is 0 Å². The fraction of sp³-hybridized carbons (Fsp3) is 0.111. The van der Waals surface area contributed by atoms with Crippen LogP contribution in [0.15, 0.2) is 66.7 Å². The van der Waals surface area contributed by atoms with Crippen molar-refractivity contribution >= 4 is 48.4 Å². The first-order valence-corrected chi connectivity index (χ1v) is 10.9. The maximum atomic E-state index is 2.49. The van der Waals surface area contributed by atoms with Gasteiger partial charge in [-0.1, -0.05) is 54.6 Å². The smallest absolute Gasteiger partial charge is 0.0437 e. The summed E-state index contributed by atoms with van der Waals surface area (Å²) in [5, 5.41) is 5.80. The predicted octanol–water partition coefficient (Wildman–Crippen LogP) is 7.74. The first kappa shape index (κ1) is 15.1.